The monoisotopic (exact) mass is 391 g/mol. The number of benzene rings is 2. The van der Waals surface area contributed by atoms with Crippen molar-refractivity contribution >= 4 is 60.4 Å². The van der Waals surface area contributed by atoms with Gasteiger partial charge in [-0.25, -0.2) is 4.21 Å². The summed E-state index contributed by atoms with van der Waals surface area (Å²) in [7, 11) is -2.71. The van der Waals surface area contributed by atoms with Crippen LogP contribution in [0.2, 0.25) is 10.0 Å². The first-order chi connectivity index (χ1) is 9.29. The van der Waals surface area contributed by atoms with Gasteiger partial charge in [0.15, 0.2) is 0 Å². The van der Waals surface area contributed by atoms with Crippen molar-refractivity contribution < 1.29 is 4.21 Å². The summed E-state index contributed by atoms with van der Waals surface area (Å²) in [5, 5.41) is 1.16. The van der Waals surface area contributed by atoms with E-state index in [2.05, 4.69) is 26.5 Å². The SMILES string of the molecule is C=S(=O)(Nc1ccc(Cl)cc1)c1cc(Br)cc(Cl)c1C. The fraction of sp³-hybridized carbons (Fsp3) is 0.0714. The highest BCUT2D eigenvalue weighted by Gasteiger charge is 2.14. The highest BCUT2D eigenvalue weighted by molar-refractivity contribution is 9.10. The van der Waals surface area contributed by atoms with Crippen molar-refractivity contribution in [1.29, 1.82) is 0 Å². The van der Waals surface area contributed by atoms with Crippen molar-refractivity contribution in [2.45, 2.75) is 11.8 Å². The van der Waals surface area contributed by atoms with Gasteiger partial charge in [-0.05, 0) is 54.8 Å². The molecule has 0 saturated carbocycles. The van der Waals surface area contributed by atoms with Crippen LogP contribution in [0.1, 0.15) is 5.56 Å². The molecule has 20 heavy (non-hydrogen) atoms. The van der Waals surface area contributed by atoms with Gasteiger partial charge < -0.3 is 4.72 Å². The fourth-order valence-corrected chi connectivity index (χ4v) is 4.42. The summed E-state index contributed by atoms with van der Waals surface area (Å²) in [6.07, 6.45) is 0. The first-order valence-electron chi connectivity index (χ1n) is 5.66. The third-order valence-corrected chi connectivity index (χ3v) is 5.55. The molecular weight excluding hydrogens is 381 g/mol. The third kappa shape index (κ3) is 3.50. The van der Waals surface area contributed by atoms with Gasteiger partial charge in [0.05, 0.1) is 14.6 Å². The molecule has 1 unspecified atom stereocenters. The average Bonchev–Trinajstić information content (AvgIpc) is 2.36. The zero-order chi connectivity index (χ0) is 14.9. The minimum atomic E-state index is -2.71. The summed E-state index contributed by atoms with van der Waals surface area (Å²) in [5.74, 6) is 3.81. The molecule has 0 heterocycles. The highest BCUT2D eigenvalue weighted by atomic mass is 79.9. The number of hydrogen-bond donors (Lipinski definition) is 1. The molecule has 0 aliphatic heterocycles. The maximum atomic E-state index is 12.8. The Balaban J connectivity index is 2.43. The molecule has 2 rings (SSSR count). The van der Waals surface area contributed by atoms with E-state index in [0.29, 0.717) is 20.6 Å². The second-order valence-electron chi connectivity index (χ2n) is 4.29. The molecule has 0 saturated heterocycles. The van der Waals surface area contributed by atoms with E-state index in [1.165, 1.54) is 0 Å². The average molecular weight is 393 g/mol. The van der Waals surface area contributed by atoms with Gasteiger partial charge in [0, 0.05) is 20.2 Å². The van der Waals surface area contributed by atoms with Crippen LogP contribution >= 0.6 is 39.1 Å². The summed E-state index contributed by atoms with van der Waals surface area (Å²) in [6, 6.07) is 10.5. The van der Waals surface area contributed by atoms with Crippen molar-refractivity contribution in [3.63, 3.8) is 0 Å². The van der Waals surface area contributed by atoms with Crippen molar-refractivity contribution in [1.82, 2.24) is 0 Å². The van der Waals surface area contributed by atoms with Crippen molar-refractivity contribution in [2.24, 2.45) is 0 Å². The van der Waals surface area contributed by atoms with E-state index in [4.69, 9.17) is 23.2 Å². The second kappa shape index (κ2) is 5.98. The van der Waals surface area contributed by atoms with Gasteiger partial charge in [0.2, 0.25) is 0 Å². The van der Waals surface area contributed by atoms with Gasteiger partial charge in [-0.3, -0.25) is 0 Å². The van der Waals surface area contributed by atoms with Crippen LogP contribution in [-0.2, 0) is 9.71 Å². The van der Waals surface area contributed by atoms with Crippen LogP contribution in [0.3, 0.4) is 0 Å². The lowest BCUT2D eigenvalue weighted by atomic mass is 10.2. The molecule has 106 valence electrons. The van der Waals surface area contributed by atoms with Crippen molar-refractivity contribution in [3.8, 4) is 0 Å². The molecule has 0 aromatic heterocycles. The Morgan fingerprint density at radius 1 is 1.20 bits per heavy atom. The summed E-state index contributed by atoms with van der Waals surface area (Å²) in [4.78, 5) is 0.576. The Kier molecular flexibility index (Phi) is 4.69. The second-order valence-corrected chi connectivity index (χ2v) is 8.05. The van der Waals surface area contributed by atoms with E-state index in [9.17, 15) is 4.21 Å². The van der Waals surface area contributed by atoms with Crippen LogP contribution in [-0.4, -0.2) is 10.1 Å². The summed E-state index contributed by atoms with van der Waals surface area (Å²) in [6.45, 7) is 1.82. The summed E-state index contributed by atoms with van der Waals surface area (Å²) in [5.41, 5.74) is 1.43. The number of halogens is 3. The van der Waals surface area contributed by atoms with Gasteiger partial charge in [0.1, 0.15) is 0 Å². The highest BCUT2D eigenvalue weighted by Crippen LogP contribution is 2.29. The maximum Gasteiger partial charge on any atom is 0.0742 e. The molecule has 0 aliphatic rings. The van der Waals surface area contributed by atoms with E-state index in [0.717, 1.165) is 10.0 Å². The van der Waals surface area contributed by atoms with Crippen LogP contribution in [0.4, 0.5) is 5.69 Å². The smallest absolute Gasteiger partial charge is 0.0742 e. The predicted octanol–water partition coefficient (Wildman–Crippen LogP) is 5.17. The number of nitrogens with one attached hydrogen (secondary N) is 1. The third-order valence-electron chi connectivity index (χ3n) is 2.74. The Morgan fingerprint density at radius 2 is 1.80 bits per heavy atom. The molecule has 6 heteroatoms. The van der Waals surface area contributed by atoms with Gasteiger partial charge in [-0.15, -0.1) is 0 Å². The largest absolute Gasteiger partial charge is 0.309 e. The first-order valence-corrected chi connectivity index (χ1v) is 8.93. The lowest BCUT2D eigenvalue weighted by Crippen LogP contribution is -2.14. The zero-order valence-corrected chi connectivity index (χ0v) is 14.5. The molecular formula is C14H12BrCl2NOS. The predicted molar refractivity (Wildman–Crippen MR) is 92.5 cm³/mol. The van der Waals surface area contributed by atoms with Crippen LogP contribution in [0.15, 0.2) is 45.8 Å². The minimum Gasteiger partial charge on any atom is -0.309 e. The van der Waals surface area contributed by atoms with Gasteiger partial charge in [-0.2, -0.15) is 0 Å². The van der Waals surface area contributed by atoms with E-state index in [1.807, 2.05) is 6.92 Å². The van der Waals surface area contributed by atoms with Crippen LogP contribution in [0.25, 0.3) is 0 Å². The van der Waals surface area contributed by atoms with Crippen molar-refractivity contribution in [3.05, 3.63) is 56.5 Å². The number of rotatable bonds is 3. The fourth-order valence-electron chi connectivity index (χ4n) is 1.73. The normalized spacial score (nSPS) is 13.8. The summed E-state index contributed by atoms with van der Waals surface area (Å²) >= 11 is 15.3. The van der Waals surface area contributed by atoms with Gasteiger partial charge in [-0.1, -0.05) is 39.1 Å². The lowest BCUT2D eigenvalue weighted by molar-refractivity contribution is 0.684. The molecule has 0 amide bonds. The Labute approximate surface area is 137 Å². The van der Waals surface area contributed by atoms with Gasteiger partial charge in [0.25, 0.3) is 0 Å². The number of anilines is 1. The molecule has 1 atom stereocenters. The van der Waals surface area contributed by atoms with E-state index in [-0.39, 0.29) is 0 Å². The molecule has 2 nitrogen and oxygen atoms in total. The molecule has 0 bridgehead atoms. The van der Waals surface area contributed by atoms with Crippen molar-refractivity contribution in [2.75, 3.05) is 4.72 Å². The molecule has 1 N–H and O–H groups in total. The summed E-state index contributed by atoms with van der Waals surface area (Å²) < 4.78 is 16.5. The van der Waals surface area contributed by atoms with Crippen LogP contribution in [0, 0.1) is 6.92 Å². The van der Waals surface area contributed by atoms with E-state index >= 15 is 0 Å². The zero-order valence-electron chi connectivity index (χ0n) is 10.6. The van der Waals surface area contributed by atoms with E-state index < -0.39 is 9.71 Å². The lowest BCUT2D eigenvalue weighted by Gasteiger charge is -2.16. The Hall–Kier alpha value is -0.680. The minimum absolute atomic E-state index is 0.545. The number of hydrogen-bond acceptors (Lipinski definition) is 1. The molecule has 2 aromatic carbocycles. The molecule has 0 radical (unpaired) electrons. The maximum absolute atomic E-state index is 12.8. The van der Waals surface area contributed by atoms with Crippen LogP contribution in [0.5, 0.6) is 0 Å². The molecule has 2 aromatic rings. The van der Waals surface area contributed by atoms with E-state index in [1.54, 1.807) is 36.4 Å². The first kappa shape index (κ1) is 15.7. The van der Waals surface area contributed by atoms with Gasteiger partial charge >= 0.3 is 0 Å². The Bertz CT molecular complexity index is 743. The quantitative estimate of drug-likeness (QED) is 0.717. The topological polar surface area (TPSA) is 29.1 Å². The van der Waals surface area contributed by atoms with Crippen LogP contribution < -0.4 is 4.72 Å². The standard InChI is InChI=1S/C14H12BrCl2NOS/c1-9-13(17)7-10(15)8-14(9)20(2,19)18-12-5-3-11(16)4-6-12/h3-8H,2H2,1H3,(H,18,19). The molecule has 0 aliphatic carbocycles. The molecule has 0 spiro atoms. The molecule has 0 fully saturated rings. The Morgan fingerprint density at radius 3 is 2.40 bits per heavy atom.